The van der Waals surface area contributed by atoms with Crippen LogP contribution in [0.1, 0.15) is 59.2 Å². The van der Waals surface area contributed by atoms with Crippen molar-refractivity contribution in [1.29, 1.82) is 0 Å². The van der Waals surface area contributed by atoms with Crippen molar-refractivity contribution in [3.8, 4) is 0 Å². The summed E-state index contributed by atoms with van der Waals surface area (Å²) in [5, 5.41) is 5.46. The maximum atomic E-state index is 12.9. The molecule has 0 aromatic heterocycles. The fraction of sp³-hybridized carbons (Fsp3) is 0.500. The number of piperidine rings is 1. The van der Waals surface area contributed by atoms with Gasteiger partial charge in [-0.05, 0) is 37.9 Å². The van der Waals surface area contributed by atoms with Gasteiger partial charge in [0.05, 0.1) is 11.1 Å². The number of amides is 3. The molecule has 1 atom stereocenters. The van der Waals surface area contributed by atoms with Gasteiger partial charge in [0.15, 0.2) is 6.29 Å². The number of imide groups is 1. The molecular formula is C20H28N4O4. The third-order valence-corrected chi connectivity index (χ3v) is 4.90. The number of carbonyl (C=O) groups is 4. The molecule has 1 fully saturated rings. The summed E-state index contributed by atoms with van der Waals surface area (Å²) in [5.74, 6) is -1.26. The topological polar surface area (TPSA) is 122 Å². The number of benzene rings is 1. The maximum absolute atomic E-state index is 12.9. The first-order chi connectivity index (χ1) is 13.5. The Kier molecular flexibility index (Phi) is 8.13. The first kappa shape index (κ1) is 21.6. The number of carbonyl (C=O) groups excluding carboxylic acids is 4. The summed E-state index contributed by atoms with van der Waals surface area (Å²) in [6.45, 7) is 1.37. The van der Waals surface area contributed by atoms with E-state index in [0.29, 0.717) is 25.1 Å². The van der Waals surface area contributed by atoms with Crippen LogP contribution in [0.3, 0.4) is 0 Å². The number of hydrogen-bond acceptors (Lipinski definition) is 6. The van der Waals surface area contributed by atoms with Gasteiger partial charge in [0, 0.05) is 25.7 Å². The van der Waals surface area contributed by atoms with E-state index in [0.717, 1.165) is 25.7 Å². The van der Waals surface area contributed by atoms with Crippen molar-refractivity contribution < 1.29 is 19.2 Å². The van der Waals surface area contributed by atoms with Gasteiger partial charge < -0.3 is 16.0 Å². The molecule has 1 saturated heterocycles. The van der Waals surface area contributed by atoms with Crippen LogP contribution in [0.25, 0.3) is 0 Å². The Bertz CT molecular complexity index is 735. The third-order valence-electron chi connectivity index (χ3n) is 4.90. The van der Waals surface area contributed by atoms with Crippen LogP contribution in [0, 0.1) is 0 Å². The summed E-state index contributed by atoms with van der Waals surface area (Å²) in [4.78, 5) is 49.2. The number of aldehydes is 1. The van der Waals surface area contributed by atoms with Crippen molar-refractivity contribution in [1.82, 2.24) is 10.2 Å². The smallest absolute Gasteiger partial charge is 0.255 e. The molecule has 8 heteroatoms. The van der Waals surface area contributed by atoms with Crippen molar-refractivity contribution in [3.63, 3.8) is 0 Å². The van der Waals surface area contributed by atoms with Crippen molar-refractivity contribution in [3.05, 3.63) is 29.3 Å². The fourth-order valence-corrected chi connectivity index (χ4v) is 3.26. The number of nitrogens with two attached hydrogens (primary N) is 1. The van der Waals surface area contributed by atoms with Gasteiger partial charge in [-0.1, -0.05) is 18.9 Å². The second-order valence-electron chi connectivity index (χ2n) is 6.90. The van der Waals surface area contributed by atoms with E-state index in [-0.39, 0.29) is 29.9 Å². The number of likely N-dealkylation sites (N-methyl/N-ethyl adjacent to an activating group) is 1. The van der Waals surface area contributed by atoms with Gasteiger partial charge in [-0.15, -0.1) is 0 Å². The summed E-state index contributed by atoms with van der Waals surface area (Å²) >= 11 is 0. The van der Waals surface area contributed by atoms with Crippen LogP contribution in [-0.4, -0.2) is 55.1 Å². The van der Waals surface area contributed by atoms with Gasteiger partial charge in [-0.2, -0.15) is 0 Å². The van der Waals surface area contributed by atoms with Crippen molar-refractivity contribution >= 4 is 29.7 Å². The van der Waals surface area contributed by atoms with Crippen molar-refractivity contribution in [2.75, 3.05) is 25.5 Å². The van der Waals surface area contributed by atoms with E-state index in [1.165, 1.54) is 11.9 Å². The Morgan fingerprint density at radius 1 is 1.29 bits per heavy atom. The van der Waals surface area contributed by atoms with Crippen LogP contribution < -0.4 is 16.4 Å². The van der Waals surface area contributed by atoms with Gasteiger partial charge in [0.25, 0.3) is 5.91 Å². The van der Waals surface area contributed by atoms with Gasteiger partial charge >= 0.3 is 0 Å². The molecule has 0 saturated carbocycles. The minimum atomic E-state index is -0.733. The van der Waals surface area contributed by atoms with Crippen LogP contribution in [0.4, 0.5) is 5.69 Å². The quantitative estimate of drug-likeness (QED) is 0.316. The number of nitrogens with zero attached hydrogens (tertiary/aromatic N) is 1. The zero-order chi connectivity index (χ0) is 20.5. The highest BCUT2D eigenvalue weighted by atomic mass is 16.2. The normalized spacial score (nSPS) is 16.4. The highest BCUT2D eigenvalue weighted by Crippen LogP contribution is 2.22. The molecular weight excluding hydrogens is 360 g/mol. The molecule has 1 aliphatic heterocycles. The predicted molar refractivity (Wildman–Crippen MR) is 106 cm³/mol. The standard InChI is InChI=1S/C20H28N4O4/c1-24(17-9-10-18(26)23-19(17)27)20(28)14-7-6-8-16(15(14)13-25)22-12-5-3-2-4-11-21/h6-8,13,17,22H,2-5,9-12,21H2,1H3,(H,23,26,27). The molecule has 0 spiro atoms. The number of rotatable bonds is 10. The number of anilines is 1. The zero-order valence-corrected chi connectivity index (χ0v) is 16.2. The number of nitrogens with one attached hydrogen (secondary N) is 2. The van der Waals surface area contributed by atoms with Gasteiger partial charge in [-0.3, -0.25) is 24.5 Å². The molecule has 3 amide bonds. The predicted octanol–water partition coefficient (Wildman–Crippen LogP) is 1.31. The van der Waals surface area contributed by atoms with Crippen LogP contribution in [-0.2, 0) is 9.59 Å². The molecule has 2 rings (SSSR count). The monoisotopic (exact) mass is 388 g/mol. The Hall–Kier alpha value is -2.74. The zero-order valence-electron chi connectivity index (χ0n) is 16.2. The lowest BCUT2D eigenvalue weighted by molar-refractivity contribution is -0.136. The maximum Gasteiger partial charge on any atom is 0.255 e. The average molecular weight is 388 g/mol. The first-order valence-corrected chi connectivity index (χ1v) is 9.62. The SMILES string of the molecule is CN(C(=O)c1cccc(NCCCCCCN)c1C=O)C1CCC(=O)NC1=O. The van der Waals surface area contributed by atoms with E-state index in [1.54, 1.807) is 18.2 Å². The van der Waals surface area contributed by atoms with Crippen LogP contribution in [0.2, 0.25) is 0 Å². The molecule has 1 aromatic rings. The molecule has 0 aliphatic carbocycles. The van der Waals surface area contributed by atoms with Crippen LogP contribution in [0.5, 0.6) is 0 Å². The molecule has 8 nitrogen and oxygen atoms in total. The molecule has 0 radical (unpaired) electrons. The van der Waals surface area contributed by atoms with Crippen LogP contribution >= 0.6 is 0 Å². The van der Waals surface area contributed by atoms with E-state index < -0.39 is 17.9 Å². The average Bonchev–Trinajstić information content (AvgIpc) is 2.69. The summed E-state index contributed by atoms with van der Waals surface area (Å²) in [6, 6.07) is 4.30. The second-order valence-corrected chi connectivity index (χ2v) is 6.90. The van der Waals surface area contributed by atoms with Crippen LogP contribution in [0.15, 0.2) is 18.2 Å². The molecule has 1 aromatic carbocycles. The highest BCUT2D eigenvalue weighted by molar-refractivity contribution is 6.07. The van der Waals surface area contributed by atoms with Crippen molar-refractivity contribution in [2.45, 2.75) is 44.6 Å². The lowest BCUT2D eigenvalue weighted by Crippen LogP contribution is -2.53. The Balaban J connectivity index is 2.07. The van der Waals surface area contributed by atoms with Gasteiger partial charge in [0.1, 0.15) is 6.04 Å². The largest absolute Gasteiger partial charge is 0.384 e. The summed E-state index contributed by atoms with van der Waals surface area (Å²) in [7, 11) is 1.51. The lowest BCUT2D eigenvalue weighted by Gasteiger charge is -2.30. The van der Waals surface area contributed by atoms with E-state index in [9.17, 15) is 19.2 Å². The van der Waals surface area contributed by atoms with E-state index in [4.69, 9.17) is 5.73 Å². The minimum Gasteiger partial charge on any atom is -0.384 e. The van der Waals surface area contributed by atoms with Gasteiger partial charge in [0.2, 0.25) is 11.8 Å². The molecule has 1 unspecified atom stereocenters. The number of unbranched alkanes of at least 4 members (excludes halogenated alkanes) is 3. The fourth-order valence-electron chi connectivity index (χ4n) is 3.26. The minimum absolute atomic E-state index is 0.181. The molecule has 28 heavy (non-hydrogen) atoms. The van der Waals surface area contributed by atoms with E-state index >= 15 is 0 Å². The number of hydrogen-bond donors (Lipinski definition) is 3. The molecule has 0 bridgehead atoms. The second kappa shape index (κ2) is 10.6. The third kappa shape index (κ3) is 5.39. The molecule has 1 heterocycles. The summed E-state index contributed by atoms with van der Waals surface area (Å²) < 4.78 is 0. The van der Waals surface area contributed by atoms with E-state index in [1.807, 2.05) is 0 Å². The summed E-state index contributed by atoms with van der Waals surface area (Å²) in [5.41, 5.74) is 6.58. The Morgan fingerprint density at radius 2 is 2.04 bits per heavy atom. The summed E-state index contributed by atoms with van der Waals surface area (Å²) in [6.07, 6.45) is 5.14. The van der Waals surface area contributed by atoms with E-state index in [2.05, 4.69) is 10.6 Å². The lowest BCUT2D eigenvalue weighted by atomic mass is 10.0. The van der Waals surface area contributed by atoms with Crippen molar-refractivity contribution in [2.24, 2.45) is 5.73 Å². The van der Waals surface area contributed by atoms with Gasteiger partial charge in [-0.25, -0.2) is 0 Å². The molecule has 1 aliphatic rings. The molecule has 4 N–H and O–H groups in total. The Labute approximate surface area is 164 Å². The highest BCUT2D eigenvalue weighted by Gasteiger charge is 2.33. The first-order valence-electron chi connectivity index (χ1n) is 9.62. The Morgan fingerprint density at radius 3 is 2.71 bits per heavy atom. The molecule has 152 valence electrons.